The topological polar surface area (TPSA) is 41.6 Å². The van der Waals surface area contributed by atoms with Crippen LogP contribution in [0.4, 0.5) is 11.4 Å². The first kappa shape index (κ1) is 10.9. The molecule has 1 aromatic rings. The third-order valence-electron chi connectivity index (χ3n) is 3.43. The molecule has 2 heterocycles. The highest BCUT2D eigenvalue weighted by Gasteiger charge is 2.41. The van der Waals surface area contributed by atoms with E-state index < -0.39 is 0 Å². The Kier molecular flexibility index (Phi) is 2.49. The molecule has 0 spiro atoms. The molecule has 0 bridgehead atoms. The highest BCUT2D eigenvalue weighted by atomic mass is 35.5. The van der Waals surface area contributed by atoms with Gasteiger partial charge in [0.1, 0.15) is 6.04 Å². The van der Waals surface area contributed by atoms with Gasteiger partial charge in [-0.15, -0.1) is 0 Å². The number of hydrogen-bond acceptors (Lipinski definition) is 3. The number of methoxy groups -OCH3 is 1. The molecule has 1 fully saturated rings. The number of nitrogens with zero attached hydrogens (tertiary/aromatic N) is 1. The zero-order chi connectivity index (χ0) is 12.0. The molecule has 2 aliphatic rings. The summed E-state index contributed by atoms with van der Waals surface area (Å²) in [5, 5.41) is 3.59. The largest absolute Gasteiger partial charge is 0.380 e. The molecule has 1 amide bonds. The third-order valence-corrected chi connectivity index (χ3v) is 3.66. The standard InChI is InChI=1S/C12H13ClN2O2/c1-17-8-5-11-12(16)14-9-3-2-7(13)4-10(9)15(11)6-8/h2-4,8,11H,5-6H2,1H3,(H,14,16). The van der Waals surface area contributed by atoms with Gasteiger partial charge in [-0.25, -0.2) is 0 Å². The van der Waals surface area contributed by atoms with Crippen molar-refractivity contribution in [2.24, 2.45) is 0 Å². The lowest BCUT2D eigenvalue weighted by atomic mass is 10.1. The molecule has 1 saturated heterocycles. The van der Waals surface area contributed by atoms with Crippen molar-refractivity contribution in [2.45, 2.75) is 18.6 Å². The number of carbonyl (C=O) groups is 1. The highest BCUT2D eigenvalue weighted by Crippen LogP contribution is 2.38. The summed E-state index contributed by atoms with van der Waals surface area (Å²) in [7, 11) is 1.68. The fourth-order valence-electron chi connectivity index (χ4n) is 2.55. The van der Waals surface area contributed by atoms with Crippen molar-refractivity contribution >= 4 is 28.9 Å². The van der Waals surface area contributed by atoms with Crippen LogP contribution in [-0.4, -0.2) is 31.7 Å². The van der Waals surface area contributed by atoms with E-state index in [-0.39, 0.29) is 18.1 Å². The number of rotatable bonds is 1. The number of anilines is 2. The van der Waals surface area contributed by atoms with Gasteiger partial charge in [0.15, 0.2) is 0 Å². The Morgan fingerprint density at radius 3 is 3.12 bits per heavy atom. The summed E-state index contributed by atoms with van der Waals surface area (Å²) in [4.78, 5) is 14.0. The molecule has 0 radical (unpaired) electrons. The molecule has 0 aliphatic carbocycles. The molecule has 0 saturated carbocycles. The van der Waals surface area contributed by atoms with Crippen LogP contribution in [0, 0.1) is 0 Å². The van der Waals surface area contributed by atoms with Gasteiger partial charge >= 0.3 is 0 Å². The van der Waals surface area contributed by atoms with Crippen LogP contribution in [0.3, 0.4) is 0 Å². The number of amides is 1. The average molecular weight is 253 g/mol. The molecule has 5 heteroatoms. The van der Waals surface area contributed by atoms with Crippen molar-refractivity contribution in [3.8, 4) is 0 Å². The van der Waals surface area contributed by atoms with Gasteiger partial charge in [-0.05, 0) is 18.2 Å². The fourth-order valence-corrected chi connectivity index (χ4v) is 2.71. The van der Waals surface area contributed by atoms with Gasteiger partial charge in [0, 0.05) is 25.1 Å². The van der Waals surface area contributed by atoms with E-state index in [0.717, 1.165) is 24.3 Å². The van der Waals surface area contributed by atoms with Crippen LogP contribution >= 0.6 is 11.6 Å². The number of fused-ring (bicyclic) bond motifs is 3. The zero-order valence-corrected chi connectivity index (χ0v) is 10.2. The second kappa shape index (κ2) is 3.89. The second-order valence-electron chi connectivity index (χ2n) is 4.41. The van der Waals surface area contributed by atoms with Crippen molar-refractivity contribution in [1.82, 2.24) is 0 Å². The zero-order valence-electron chi connectivity index (χ0n) is 9.44. The average Bonchev–Trinajstić information content (AvgIpc) is 2.75. The molecular weight excluding hydrogens is 240 g/mol. The summed E-state index contributed by atoms with van der Waals surface area (Å²) >= 11 is 6.00. The van der Waals surface area contributed by atoms with Crippen LogP contribution in [0.2, 0.25) is 5.02 Å². The van der Waals surface area contributed by atoms with Crippen molar-refractivity contribution in [1.29, 1.82) is 0 Å². The molecule has 2 unspecified atom stereocenters. The van der Waals surface area contributed by atoms with E-state index in [4.69, 9.17) is 16.3 Å². The Labute approximate surface area is 104 Å². The predicted molar refractivity (Wildman–Crippen MR) is 66.6 cm³/mol. The van der Waals surface area contributed by atoms with Crippen molar-refractivity contribution in [3.63, 3.8) is 0 Å². The van der Waals surface area contributed by atoms with Crippen LogP contribution in [0.15, 0.2) is 18.2 Å². The molecule has 0 aromatic heterocycles. The number of ether oxygens (including phenoxy) is 1. The molecule has 17 heavy (non-hydrogen) atoms. The van der Waals surface area contributed by atoms with E-state index in [1.807, 2.05) is 12.1 Å². The number of carbonyl (C=O) groups excluding carboxylic acids is 1. The van der Waals surface area contributed by atoms with Gasteiger partial charge in [0.2, 0.25) is 5.91 Å². The molecular formula is C12H13ClN2O2. The Hall–Kier alpha value is -1.26. The molecule has 2 aliphatic heterocycles. The minimum atomic E-state index is -0.133. The lowest BCUT2D eigenvalue weighted by molar-refractivity contribution is -0.117. The van der Waals surface area contributed by atoms with Crippen LogP contribution in [0.1, 0.15) is 6.42 Å². The minimum Gasteiger partial charge on any atom is -0.380 e. The summed E-state index contributed by atoms with van der Waals surface area (Å²) in [6.45, 7) is 0.738. The van der Waals surface area contributed by atoms with Gasteiger partial charge in [-0.2, -0.15) is 0 Å². The van der Waals surface area contributed by atoms with E-state index in [1.165, 1.54) is 0 Å². The lowest BCUT2D eigenvalue weighted by Gasteiger charge is -2.32. The van der Waals surface area contributed by atoms with Gasteiger partial charge < -0.3 is 15.0 Å². The first-order valence-electron chi connectivity index (χ1n) is 5.59. The Morgan fingerprint density at radius 2 is 2.35 bits per heavy atom. The van der Waals surface area contributed by atoms with Crippen molar-refractivity contribution in [3.05, 3.63) is 23.2 Å². The number of nitrogens with one attached hydrogen (secondary N) is 1. The van der Waals surface area contributed by atoms with Crippen LogP contribution in [-0.2, 0) is 9.53 Å². The molecule has 2 atom stereocenters. The lowest BCUT2D eigenvalue weighted by Crippen LogP contribution is -2.43. The smallest absolute Gasteiger partial charge is 0.247 e. The Bertz CT molecular complexity index is 478. The minimum absolute atomic E-state index is 0.0411. The predicted octanol–water partition coefficient (Wildman–Crippen LogP) is 1.89. The summed E-state index contributed by atoms with van der Waals surface area (Å²) in [5.41, 5.74) is 1.81. The molecule has 4 nitrogen and oxygen atoms in total. The Balaban J connectivity index is 2.03. The summed E-state index contributed by atoms with van der Waals surface area (Å²) in [6, 6.07) is 5.38. The maximum atomic E-state index is 11.9. The fraction of sp³-hybridized carbons (Fsp3) is 0.417. The second-order valence-corrected chi connectivity index (χ2v) is 4.85. The quantitative estimate of drug-likeness (QED) is 0.830. The molecule has 90 valence electrons. The van der Waals surface area contributed by atoms with Gasteiger partial charge in [-0.3, -0.25) is 4.79 Å². The molecule has 1 aromatic carbocycles. The highest BCUT2D eigenvalue weighted by molar-refractivity contribution is 6.31. The van der Waals surface area contributed by atoms with Crippen molar-refractivity contribution < 1.29 is 9.53 Å². The summed E-state index contributed by atoms with van der Waals surface area (Å²) in [5.74, 6) is 0.0411. The maximum absolute atomic E-state index is 11.9. The summed E-state index contributed by atoms with van der Waals surface area (Å²) < 4.78 is 5.34. The third kappa shape index (κ3) is 1.68. The summed E-state index contributed by atoms with van der Waals surface area (Å²) in [6.07, 6.45) is 0.838. The number of halogens is 1. The van der Waals surface area contributed by atoms with Gasteiger partial charge in [0.05, 0.1) is 17.5 Å². The van der Waals surface area contributed by atoms with Gasteiger partial charge in [-0.1, -0.05) is 11.6 Å². The van der Waals surface area contributed by atoms with E-state index in [1.54, 1.807) is 13.2 Å². The van der Waals surface area contributed by atoms with E-state index in [0.29, 0.717) is 5.02 Å². The van der Waals surface area contributed by atoms with Crippen LogP contribution in [0.5, 0.6) is 0 Å². The first-order valence-corrected chi connectivity index (χ1v) is 5.96. The van der Waals surface area contributed by atoms with E-state index >= 15 is 0 Å². The molecule has 3 rings (SSSR count). The maximum Gasteiger partial charge on any atom is 0.247 e. The number of hydrogen-bond donors (Lipinski definition) is 1. The van der Waals surface area contributed by atoms with E-state index in [9.17, 15) is 4.79 Å². The van der Waals surface area contributed by atoms with Crippen LogP contribution in [0.25, 0.3) is 0 Å². The van der Waals surface area contributed by atoms with E-state index in [2.05, 4.69) is 10.2 Å². The Morgan fingerprint density at radius 1 is 1.53 bits per heavy atom. The first-order chi connectivity index (χ1) is 8.19. The van der Waals surface area contributed by atoms with Gasteiger partial charge in [0.25, 0.3) is 0 Å². The van der Waals surface area contributed by atoms with Crippen LogP contribution < -0.4 is 10.2 Å². The SMILES string of the molecule is COC1CC2C(=O)Nc3ccc(Cl)cc3N2C1. The van der Waals surface area contributed by atoms with Crippen molar-refractivity contribution in [2.75, 3.05) is 23.9 Å². The normalized spacial score (nSPS) is 26.5. The monoisotopic (exact) mass is 252 g/mol. The molecule has 1 N–H and O–H groups in total. The number of benzene rings is 1.